The number of nitrogens with zero attached hydrogens (tertiary/aromatic N) is 4. The zero-order chi connectivity index (χ0) is 19.5. The van der Waals surface area contributed by atoms with Gasteiger partial charge in [-0.25, -0.2) is 9.97 Å². The van der Waals surface area contributed by atoms with E-state index in [9.17, 15) is 5.11 Å². The van der Waals surface area contributed by atoms with Gasteiger partial charge in [0, 0.05) is 44.4 Å². The van der Waals surface area contributed by atoms with Crippen molar-refractivity contribution in [3.05, 3.63) is 41.0 Å². The van der Waals surface area contributed by atoms with Crippen molar-refractivity contribution in [3.8, 4) is 17.2 Å². The molecular formula is C21H26N4O3. The molecule has 0 unspecified atom stereocenters. The zero-order valence-electron chi connectivity index (χ0n) is 16.4. The molecule has 0 fully saturated rings. The Morgan fingerprint density at radius 2 is 2.04 bits per heavy atom. The van der Waals surface area contributed by atoms with Crippen LogP contribution in [0.5, 0.6) is 17.2 Å². The van der Waals surface area contributed by atoms with Crippen molar-refractivity contribution in [2.45, 2.75) is 38.8 Å². The van der Waals surface area contributed by atoms with Crippen LogP contribution < -0.4 is 9.47 Å². The molecule has 28 heavy (non-hydrogen) atoms. The third-order valence-corrected chi connectivity index (χ3v) is 5.32. The molecule has 7 heteroatoms. The van der Waals surface area contributed by atoms with Gasteiger partial charge in [0.1, 0.15) is 0 Å². The lowest BCUT2D eigenvalue weighted by Gasteiger charge is -2.28. The Morgan fingerprint density at radius 3 is 2.79 bits per heavy atom. The van der Waals surface area contributed by atoms with E-state index >= 15 is 0 Å². The number of phenolic OH excluding ortho intramolecular Hbond substituents is 1. The maximum atomic E-state index is 10.2. The number of aromatic hydroxyl groups is 1. The molecule has 2 aliphatic rings. The number of methoxy groups -OCH3 is 2. The fourth-order valence-electron chi connectivity index (χ4n) is 3.88. The van der Waals surface area contributed by atoms with Gasteiger partial charge in [0.25, 0.3) is 0 Å². The van der Waals surface area contributed by atoms with Crippen LogP contribution in [0, 0.1) is 0 Å². The Morgan fingerprint density at radius 1 is 1.14 bits per heavy atom. The van der Waals surface area contributed by atoms with Crippen molar-refractivity contribution in [2.75, 3.05) is 27.3 Å². The molecule has 0 atom stereocenters. The van der Waals surface area contributed by atoms with Crippen LogP contribution in [0.25, 0.3) is 0 Å². The molecule has 0 saturated carbocycles. The second-order valence-corrected chi connectivity index (χ2v) is 7.26. The van der Waals surface area contributed by atoms with Crippen molar-refractivity contribution >= 4 is 5.71 Å². The standard InChI is InChI=1S/C21H26N4O3/c1-27-19-10-14(9-18(26)20(19)28-2)12-25-8-6-16-15(13-25)11-23-21(24-16)17-5-3-4-7-22-17/h9-11,26H,3-8,12-13H2,1-2H3. The normalized spacial score (nSPS) is 17.0. The topological polar surface area (TPSA) is 80.1 Å². The molecule has 0 aliphatic carbocycles. The molecule has 3 heterocycles. The fourth-order valence-corrected chi connectivity index (χ4v) is 3.88. The second-order valence-electron chi connectivity index (χ2n) is 7.26. The van der Waals surface area contributed by atoms with E-state index < -0.39 is 0 Å². The Bertz CT molecular complexity index is 897. The first-order valence-corrected chi connectivity index (χ1v) is 9.72. The van der Waals surface area contributed by atoms with Crippen LogP contribution in [-0.4, -0.2) is 53.0 Å². The largest absolute Gasteiger partial charge is 0.504 e. The van der Waals surface area contributed by atoms with Crippen molar-refractivity contribution in [1.82, 2.24) is 14.9 Å². The molecule has 0 bridgehead atoms. The summed E-state index contributed by atoms with van der Waals surface area (Å²) >= 11 is 0. The minimum atomic E-state index is 0.0930. The highest BCUT2D eigenvalue weighted by Gasteiger charge is 2.21. The first-order valence-electron chi connectivity index (χ1n) is 9.72. The minimum absolute atomic E-state index is 0.0930. The van der Waals surface area contributed by atoms with Crippen LogP contribution in [0.2, 0.25) is 0 Å². The molecule has 7 nitrogen and oxygen atoms in total. The van der Waals surface area contributed by atoms with E-state index in [4.69, 9.17) is 14.5 Å². The summed E-state index contributed by atoms with van der Waals surface area (Å²) in [6.45, 7) is 3.30. The molecule has 1 N–H and O–H groups in total. The van der Waals surface area contributed by atoms with E-state index in [1.165, 1.54) is 13.5 Å². The van der Waals surface area contributed by atoms with Gasteiger partial charge in [0.15, 0.2) is 17.3 Å². The van der Waals surface area contributed by atoms with Crippen molar-refractivity contribution in [3.63, 3.8) is 0 Å². The fraction of sp³-hybridized carbons (Fsp3) is 0.476. The number of aromatic nitrogens is 2. The summed E-state index contributed by atoms with van der Waals surface area (Å²) in [5, 5.41) is 10.2. The molecule has 0 saturated heterocycles. The molecule has 2 aliphatic heterocycles. The molecule has 1 aromatic carbocycles. The van der Waals surface area contributed by atoms with Gasteiger partial charge in [-0.3, -0.25) is 9.89 Å². The number of fused-ring (bicyclic) bond motifs is 1. The maximum Gasteiger partial charge on any atom is 0.203 e. The van der Waals surface area contributed by atoms with Crippen LogP contribution in [0.3, 0.4) is 0 Å². The summed E-state index contributed by atoms with van der Waals surface area (Å²) in [6.07, 6.45) is 6.15. The summed E-state index contributed by atoms with van der Waals surface area (Å²) in [5.41, 5.74) is 4.32. The SMILES string of the molecule is COc1cc(CN2CCc3nc(C4=NCCCC4)ncc3C2)cc(O)c1OC. The Kier molecular flexibility index (Phi) is 5.43. The van der Waals surface area contributed by atoms with Crippen LogP contribution >= 0.6 is 0 Å². The van der Waals surface area contributed by atoms with Crippen LogP contribution in [-0.2, 0) is 19.5 Å². The van der Waals surface area contributed by atoms with Crippen molar-refractivity contribution in [1.29, 1.82) is 0 Å². The van der Waals surface area contributed by atoms with E-state index in [0.717, 1.165) is 67.3 Å². The summed E-state index contributed by atoms with van der Waals surface area (Å²) in [7, 11) is 3.09. The predicted octanol–water partition coefficient (Wildman–Crippen LogP) is 2.73. The summed E-state index contributed by atoms with van der Waals surface area (Å²) in [4.78, 5) is 16.3. The summed E-state index contributed by atoms with van der Waals surface area (Å²) < 4.78 is 10.5. The van der Waals surface area contributed by atoms with Gasteiger partial charge in [-0.1, -0.05) is 0 Å². The number of hydrogen-bond acceptors (Lipinski definition) is 7. The first kappa shape index (κ1) is 18.7. The molecule has 0 radical (unpaired) electrons. The molecule has 0 amide bonds. The maximum absolute atomic E-state index is 10.2. The lowest BCUT2D eigenvalue weighted by atomic mass is 10.0. The highest BCUT2D eigenvalue weighted by molar-refractivity contribution is 5.97. The molecular weight excluding hydrogens is 356 g/mol. The van der Waals surface area contributed by atoms with Crippen molar-refractivity contribution < 1.29 is 14.6 Å². The highest BCUT2D eigenvalue weighted by Crippen LogP contribution is 2.37. The van der Waals surface area contributed by atoms with E-state index in [1.54, 1.807) is 13.2 Å². The average molecular weight is 382 g/mol. The van der Waals surface area contributed by atoms with Crippen molar-refractivity contribution in [2.24, 2.45) is 4.99 Å². The van der Waals surface area contributed by atoms with Crippen LogP contribution in [0.15, 0.2) is 23.3 Å². The number of aliphatic imine (C=N–C) groups is 1. The lowest BCUT2D eigenvalue weighted by Crippen LogP contribution is -2.31. The van der Waals surface area contributed by atoms with Gasteiger partial charge in [0.05, 0.1) is 25.6 Å². The first-order chi connectivity index (χ1) is 13.7. The number of rotatable bonds is 5. The van der Waals surface area contributed by atoms with E-state index in [-0.39, 0.29) is 5.75 Å². The Labute approximate surface area is 165 Å². The monoisotopic (exact) mass is 382 g/mol. The molecule has 1 aromatic heterocycles. The molecule has 2 aromatic rings. The Hall–Kier alpha value is -2.67. The number of benzene rings is 1. The second kappa shape index (κ2) is 8.14. The average Bonchev–Trinajstić information content (AvgIpc) is 2.73. The quantitative estimate of drug-likeness (QED) is 0.857. The van der Waals surface area contributed by atoms with E-state index in [2.05, 4.69) is 14.9 Å². The summed E-state index contributed by atoms with van der Waals surface area (Å²) in [5.74, 6) is 1.80. The molecule has 4 rings (SSSR count). The third-order valence-electron chi connectivity index (χ3n) is 5.32. The number of ether oxygens (including phenoxy) is 2. The summed E-state index contributed by atoms with van der Waals surface area (Å²) in [6, 6.07) is 3.65. The molecule has 0 spiro atoms. The molecule has 148 valence electrons. The van der Waals surface area contributed by atoms with Gasteiger partial charge in [-0.2, -0.15) is 0 Å². The van der Waals surface area contributed by atoms with Gasteiger partial charge in [0.2, 0.25) is 5.75 Å². The number of hydrogen-bond donors (Lipinski definition) is 1. The lowest BCUT2D eigenvalue weighted by molar-refractivity contribution is 0.241. The third kappa shape index (κ3) is 3.80. The minimum Gasteiger partial charge on any atom is -0.504 e. The van der Waals surface area contributed by atoms with Gasteiger partial charge >= 0.3 is 0 Å². The highest BCUT2D eigenvalue weighted by atomic mass is 16.5. The van der Waals surface area contributed by atoms with Crippen LogP contribution in [0.4, 0.5) is 0 Å². The predicted molar refractivity (Wildman–Crippen MR) is 106 cm³/mol. The zero-order valence-corrected chi connectivity index (χ0v) is 16.4. The van der Waals surface area contributed by atoms with Gasteiger partial charge in [-0.15, -0.1) is 0 Å². The number of phenols is 1. The Balaban J connectivity index is 1.49. The van der Waals surface area contributed by atoms with E-state index in [0.29, 0.717) is 18.0 Å². The smallest absolute Gasteiger partial charge is 0.203 e. The van der Waals surface area contributed by atoms with Gasteiger partial charge < -0.3 is 14.6 Å². The van der Waals surface area contributed by atoms with E-state index in [1.807, 2.05) is 12.3 Å². The van der Waals surface area contributed by atoms with Gasteiger partial charge in [-0.05, 0) is 37.0 Å². The van der Waals surface area contributed by atoms with Crippen LogP contribution in [0.1, 0.15) is 41.9 Å².